The van der Waals surface area contributed by atoms with Crippen LogP contribution in [0.3, 0.4) is 0 Å². The molecule has 0 radical (unpaired) electrons. The molecule has 1 atom stereocenters. The number of carbonyl (C=O) groups excluding carboxylic acids is 3. The maximum atomic E-state index is 13.5. The molecule has 0 aliphatic heterocycles. The molecule has 4 aromatic carbocycles. The van der Waals surface area contributed by atoms with Crippen LogP contribution in [0.4, 0.5) is 11.4 Å². The fraction of sp³-hybridized carbons (Fsp3) is 0.0857. The molecule has 0 saturated heterocycles. The number of rotatable bonds is 10. The van der Waals surface area contributed by atoms with Crippen molar-refractivity contribution in [3.05, 3.63) is 132 Å². The van der Waals surface area contributed by atoms with Crippen molar-refractivity contribution in [2.45, 2.75) is 18.9 Å². The summed E-state index contributed by atoms with van der Waals surface area (Å²) >= 11 is 0. The van der Waals surface area contributed by atoms with E-state index in [-0.39, 0.29) is 35.6 Å². The maximum Gasteiger partial charge on any atom is 0.326 e. The fourth-order valence-electron chi connectivity index (χ4n) is 5.37. The summed E-state index contributed by atoms with van der Waals surface area (Å²) in [5, 5.41) is 19.9. The van der Waals surface area contributed by atoms with Crippen LogP contribution in [0.2, 0.25) is 0 Å². The van der Waals surface area contributed by atoms with E-state index in [4.69, 9.17) is 0 Å². The number of hydrogen-bond donors (Lipinski definition) is 6. The zero-order valence-electron chi connectivity index (χ0n) is 24.0. The third-order valence-corrected chi connectivity index (χ3v) is 7.59. The van der Waals surface area contributed by atoms with Crippen LogP contribution in [0.1, 0.15) is 31.8 Å². The average Bonchev–Trinajstić information content (AvgIpc) is 3.65. The summed E-state index contributed by atoms with van der Waals surface area (Å²) in [4.78, 5) is 58.2. The molecule has 6 rings (SSSR count). The monoisotopic (exact) mass is 599 g/mol. The normalized spacial score (nSPS) is 11.6. The number of nitrogens with one attached hydrogen (secondary N) is 5. The molecule has 6 N–H and O–H groups in total. The molecule has 224 valence electrons. The molecule has 0 aliphatic rings. The first kappa shape index (κ1) is 28.9. The van der Waals surface area contributed by atoms with Crippen molar-refractivity contribution in [2.24, 2.45) is 0 Å². The lowest BCUT2D eigenvalue weighted by Crippen LogP contribution is -2.42. The van der Waals surface area contributed by atoms with Gasteiger partial charge < -0.3 is 31.0 Å². The number of aliphatic carboxylic acids is 1. The Morgan fingerprint density at radius 1 is 0.622 bits per heavy atom. The lowest BCUT2D eigenvalue weighted by atomic mass is 10.0. The molecule has 0 saturated carbocycles. The Balaban J connectivity index is 1.16. The Morgan fingerprint density at radius 3 is 1.78 bits per heavy atom. The Kier molecular flexibility index (Phi) is 8.10. The molecule has 10 heteroatoms. The molecule has 0 unspecified atom stereocenters. The topological polar surface area (TPSA) is 156 Å². The molecule has 45 heavy (non-hydrogen) atoms. The van der Waals surface area contributed by atoms with Crippen LogP contribution < -0.4 is 16.0 Å². The van der Waals surface area contributed by atoms with Crippen molar-refractivity contribution in [3.8, 4) is 0 Å². The number of fused-ring (bicyclic) bond motifs is 2. The zero-order valence-corrected chi connectivity index (χ0v) is 24.0. The van der Waals surface area contributed by atoms with Crippen molar-refractivity contribution in [2.75, 3.05) is 10.6 Å². The van der Waals surface area contributed by atoms with Crippen LogP contribution in [0.25, 0.3) is 21.8 Å². The molecule has 0 spiro atoms. The number of amides is 3. The SMILES string of the molecule is O=C(Cc1c[nH]c2ccccc12)Nc1ccccc1C(=O)Nc1ccccc1C(=O)N[C@@H](Cc1c[nH]c2ccccc12)C(=O)O. The fourth-order valence-corrected chi connectivity index (χ4v) is 5.37. The minimum Gasteiger partial charge on any atom is -0.480 e. The molecule has 10 nitrogen and oxygen atoms in total. The summed E-state index contributed by atoms with van der Waals surface area (Å²) in [5.41, 5.74) is 4.17. The van der Waals surface area contributed by atoms with Gasteiger partial charge in [0.25, 0.3) is 11.8 Å². The number of carboxylic acid groups (broad SMARTS) is 1. The van der Waals surface area contributed by atoms with Gasteiger partial charge in [0.15, 0.2) is 0 Å². The number of carboxylic acids is 1. The van der Waals surface area contributed by atoms with Crippen molar-refractivity contribution < 1.29 is 24.3 Å². The lowest BCUT2D eigenvalue weighted by molar-refractivity contribution is -0.139. The van der Waals surface area contributed by atoms with Crippen molar-refractivity contribution in [1.29, 1.82) is 0 Å². The number of aromatic nitrogens is 2. The maximum absolute atomic E-state index is 13.5. The zero-order chi connectivity index (χ0) is 31.3. The van der Waals surface area contributed by atoms with E-state index in [1.165, 1.54) is 6.07 Å². The standard InChI is InChI=1S/C35H29N5O5/c41-32(18-22-20-37-28-14-6-2-10-24(22)28)38-29-15-7-3-11-25(29)33(42)39-30-16-8-4-12-26(30)34(43)40-31(35(44)45)17-21-19-36-27-13-5-1-9-23(21)27/h1-16,19-20,31,36-37H,17-18H2,(H,38,41)(H,39,42)(H,40,43)(H,44,45)/t31-/m0/s1. The van der Waals surface area contributed by atoms with E-state index in [1.54, 1.807) is 54.9 Å². The van der Waals surface area contributed by atoms with Gasteiger partial charge in [0.1, 0.15) is 6.04 Å². The minimum absolute atomic E-state index is 0.0608. The average molecular weight is 600 g/mol. The second-order valence-electron chi connectivity index (χ2n) is 10.6. The highest BCUT2D eigenvalue weighted by atomic mass is 16.4. The first-order valence-corrected chi connectivity index (χ1v) is 14.3. The van der Waals surface area contributed by atoms with Crippen molar-refractivity contribution in [3.63, 3.8) is 0 Å². The highest BCUT2D eigenvalue weighted by Gasteiger charge is 2.24. The Labute approximate surface area is 257 Å². The molecule has 2 aromatic heterocycles. The second-order valence-corrected chi connectivity index (χ2v) is 10.6. The van der Waals surface area contributed by atoms with Gasteiger partial charge in [-0.3, -0.25) is 14.4 Å². The van der Waals surface area contributed by atoms with Crippen LogP contribution in [-0.2, 0) is 22.4 Å². The lowest BCUT2D eigenvalue weighted by Gasteiger charge is -2.17. The Hall–Kier alpha value is -6.16. The van der Waals surface area contributed by atoms with Gasteiger partial charge in [0.05, 0.1) is 28.9 Å². The number of H-pyrrole nitrogens is 2. The van der Waals surface area contributed by atoms with Crippen LogP contribution >= 0.6 is 0 Å². The van der Waals surface area contributed by atoms with E-state index in [1.807, 2.05) is 48.5 Å². The molecular weight excluding hydrogens is 570 g/mol. The second kappa shape index (κ2) is 12.6. The molecule has 3 amide bonds. The van der Waals surface area contributed by atoms with E-state index in [9.17, 15) is 24.3 Å². The predicted molar refractivity (Wildman–Crippen MR) is 172 cm³/mol. The van der Waals surface area contributed by atoms with Gasteiger partial charge in [-0.05, 0) is 47.5 Å². The van der Waals surface area contributed by atoms with Gasteiger partial charge in [-0.2, -0.15) is 0 Å². The first-order valence-electron chi connectivity index (χ1n) is 14.3. The molecule has 2 heterocycles. The van der Waals surface area contributed by atoms with E-state index < -0.39 is 23.8 Å². The van der Waals surface area contributed by atoms with Crippen LogP contribution in [-0.4, -0.2) is 44.8 Å². The van der Waals surface area contributed by atoms with E-state index in [0.717, 1.165) is 32.9 Å². The molecule has 0 bridgehead atoms. The molecule has 0 aliphatic carbocycles. The summed E-state index contributed by atoms with van der Waals surface area (Å²) in [6.45, 7) is 0. The van der Waals surface area contributed by atoms with Crippen LogP contribution in [0, 0.1) is 0 Å². The largest absolute Gasteiger partial charge is 0.480 e. The highest BCUT2D eigenvalue weighted by Crippen LogP contribution is 2.23. The quantitative estimate of drug-likeness (QED) is 0.123. The Morgan fingerprint density at radius 2 is 1.13 bits per heavy atom. The number of carbonyl (C=O) groups is 4. The van der Waals surface area contributed by atoms with Gasteiger partial charge in [0.2, 0.25) is 5.91 Å². The van der Waals surface area contributed by atoms with E-state index in [2.05, 4.69) is 25.9 Å². The summed E-state index contributed by atoms with van der Waals surface area (Å²) < 4.78 is 0. The number of para-hydroxylation sites is 4. The van der Waals surface area contributed by atoms with Gasteiger partial charge in [-0.25, -0.2) is 4.79 Å². The van der Waals surface area contributed by atoms with Gasteiger partial charge in [0, 0.05) is 40.6 Å². The van der Waals surface area contributed by atoms with E-state index >= 15 is 0 Å². The third-order valence-electron chi connectivity index (χ3n) is 7.59. The third kappa shape index (κ3) is 6.30. The minimum atomic E-state index is -1.21. The van der Waals surface area contributed by atoms with Crippen molar-refractivity contribution >= 4 is 56.9 Å². The summed E-state index contributed by atoms with van der Waals surface area (Å²) in [6, 6.07) is 26.9. The highest BCUT2D eigenvalue weighted by molar-refractivity contribution is 6.13. The first-order chi connectivity index (χ1) is 21.9. The number of hydrogen-bond acceptors (Lipinski definition) is 4. The summed E-state index contributed by atoms with van der Waals surface area (Å²) in [6.07, 6.45) is 3.69. The van der Waals surface area contributed by atoms with E-state index in [0.29, 0.717) is 5.69 Å². The van der Waals surface area contributed by atoms with Crippen LogP contribution in [0.15, 0.2) is 109 Å². The van der Waals surface area contributed by atoms with Gasteiger partial charge in [-0.15, -0.1) is 0 Å². The molecule has 0 fully saturated rings. The smallest absolute Gasteiger partial charge is 0.326 e. The summed E-state index contributed by atoms with van der Waals surface area (Å²) in [7, 11) is 0. The molecular formula is C35H29N5O5. The predicted octanol–water partition coefficient (Wildman–Crippen LogP) is 5.51. The van der Waals surface area contributed by atoms with Crippen molar-refractivity contribution in [1.82, 2.24) is 15.3 Å². The summed E-state index contributed by atoms with van der Waals surface area (Å²) in [5.74, 6) is -2.69. The van der Waals surface area contributed by atoms with Gasteiger partial charge >= 0.3 is 5.97 Å². The number of aromatic amines is 2. The molecule has 6 aromatic rings. The van der Waals surface area contributed by atoms with Gasteiger partial charge in [-0.1, -0.05) is 60.7 Å². The number of benzene rings is 4. The Bertz CT molecular complexity index is 2060. The van der Waals surface area contributed by atoms with Crippen LogP contribution in [0.5, 0.6) is 0 Å². The number of anilines is 2.